The van der Waals surface area contributed by atoms with E-state index in [9.17, 15) is 12.8 Å². The number of hydrogen-bond acceptors (Lipinski definition) is 3. The van der Waals surface area contributed by atoms with Gasteiger partial charge in [0.25, 0.3) is 0 Å². The van der Waals surface area contributed by atoms with Crippen LogP contribution in [0, 0.1) is 12.7 Å². The fourth-order valence-corrected chi connectivity index (χ4v) is 3.60. The number of rotatable bonds is 5. The maximum atomic E-state index is 13.3. The number of imidazole rings is 1. The van der Waals surface area contributed by atoms with Gasteiger partial charge in [-0.25, -0.2) is 22.5 Å². The molecule has 0 aliphatic rings. The third-order valence-electron chi connectivity index (χ3n) is 3.58. The van der Waals surface area contributed by atoms with Gasteiger partial charge in [-0.2, -0.15) is 0 Å². The van der Waals surface area contributed by atoms with Crippen molar-refractivity contribution in [1.29, 1.82) is 0 Å². The summed E-state index contributed by atoms with van der Waals surface area (Å²) in [5, 5.41) is 0.596. The SMILES string of the molecule is Cc1cc(S(=O)(=O)NCCc2cn3cc(Cl)ccc3n2)ccc1F. The summed E-state index contributed by atoms with van der Waals surface area (Å²) in [6, 6.07) is 7.24. The van der Waals surface area contributed by atoms with Crippen LogP contribution in [0.4, 0.5) is 4.39 Å². The van der Waals surface area contributed by atoms with Crippen LogP contribution in [0.2, 0.25) is 5.02 Å². The van der Waals surface area contributed by atoms with Crippen molar-refractivity contribution in [2.24, 2.45) is 0 Å². The van der Waals surface area contributed by atoms with Gasteiger partial charge in [0, 0.05) is 25.4 Å². The number of benzene rings is 1. The average molecular weight is 368 g/mol. The zero-order chi connectivity index (χ0) is 17.3. The molecule has 2 heterocycles. The molecule has 0 amide bonds. The Morgan fingerprint density at radius 1 is 1.25 bits per heavy atom. The van der Waals surface area contributed by atoms with Crippen LogP contribution in [0.1, 0.15) is 11.3 Å². The normalized spacial score (nSPS) is 12.0. The van der Waals surface area contributed by atoms with E-state index in [0.29, 0.717) is 11.4 Å². The maximum absolute atomic E-state index is 13.3. The maximum Gasteiger partial charge on any atom is 0.240 e. The molecule has 24 heavy (non-hydrogen) atoms. The minimum absolute atomic E-state index is 0.0446. The molecule has 5 nitrogen and oxygen atoms in total. The van der Waals surface area contributed by atoms with Crippen molar-refractivity contribution in [2.45, 2.75) is 18.2 Å². The number of fused-ring (bicyclic) bond motifs is 1. The van der Waals surface area contributed by atoms with Gasteiger partial charge in [-0.05, 0) is 42.8 Å². The first-order chi connectivity index (χ1) is 11.3. The molecule has 0 radical (unpaired) electrons. The summed E-state index contributed by atoms with van der Waals surface area (Å²) in [7, 11) is -3.68. The molecule has 0 aliphatic heterocycles. The van der Waals surface area contributed by atoms with Crippen LogP contribution in [-0.2, 0) is 16.4 Å². The summed E-state index contributed by atoms with van der Waals surface area (Å²) in [5.41, 5.74) is 1.77. The lowest BCUT2D eigenvalue weighted by molar-refractivity contribution is 0.580. The van der Waals surface area contributed by atoms with E-state index in [0.717, 1.165) is 17.4 Å². The van der Waals surface area contributed by atoms with Crippen LogP contribution < -0.4 is 4.72 Å². The van der Waals surface area contributed by atoms with Crippen molar-refractivity contribution < 1.29 is 12.8 Å². The van der Waals surface area contributed by atoms with E-state index < -0.39 is 15.8 Å². The highest BCUT2D eigenvalue weighted by Crippen LogP contribution is 2.15. The van der Waals surface area contributed by atoms with Gasteiger partial charge >= 0.3 is 0 Å². The first kappa shape index (κ1) is 16.9. The Labute approximate surface area is 144 Å². The Morgan fingerprint density at radius 2 is 2.04 bits per heavy atom. The lowest BCUT2D eigenvalue weighted by Gasteiger charge is -2.07. The summed E-state index contributed by atoms with van der Waals surface area (Å²) in [5.74, 6) is -0.433. The van der Waals surface area contributed by atoms with Crippen LogP contribution in [0.5, 0.6) is 0 Å². The highest BCUT2D eigenvalue weighted by atomic mass is 35.5. The number of halogens is 2. The smallest absolute Gasteiger partial charge is 0.240 e. The van der Waals surface area contributed by atoms with Gasteiger partial charge in [-0.1, -0.05) is 11.6 Å². The van der Waals surface area contributed by atoms with Crippen LogP contribution >= 0.6 is 11.6 Å². The third-order valence-corrected chi connectivity index (χ3v) is 5.26. The lowest BCUT2D eigenvalue weighted by atomic mass is 10.2. The third kappa shape index (κ3) is 3.58. The molecule has 1 N–H and O–H groups in total. The second-order valence-corrected chi connectivity index (χ2v) is 7.61. The summed E-state index contributed by atoms with van der Waals surface area (Å²) in [4.78, 5) is 4.44. The summed E-state index contributed by atoms with van der Waals surface area (Å²) >= 11 is 5.92. The van der Waals surface area contributed by atoms with E-state index in [-0.39, 0.29) is 17.0 Å². The summed E-state index contributed by atoms with van der Waals surface area (Å²) < 4.78 is 42.0. The Morgan fingerprint density at radius 3 is 2.79 bits per heavy atom. The summed E-state index contributed by atoms with van der Waals surface area (Å²) in [6.45, 7) is 1.71. The second kappa shape index (κ2) is 6.51. The molecule has 0 atom stereocenters. The Kier molecular flexibility index (Phi) is 4.58. The molecule has 0 saturated heterocycles. The topological polar surface area (TPSA) is 63.5 Å². The van der Waals surface area contributed by atoms with E-state index >= 15 is 0 Å². The molecule has 8 heteroatoms. The van der Waals surface area contributed by atoms with Crippen LogP contribution in [-0.4, -0.2) is 24.3 Å². The quantitative estimate of drug-likeness (QED) is 0.754. The number of aryl methyl sites for hydroxylation is 1. The molecule has 3 aromatic rings. The van der Waals surface area contributed by atoms with Crippen molar-refractivity contribution >= 4 is 27.3 Å². The molecule has 0 saturated carbocycles. The van der Waals surface area contributed by atoms with Crippen molar-refractivity contribution in [3.63, 3.8) is 0 Å². The molecule has 0 aliphatic carbocycles. The number of hydrogen-bond donors (Lipinski definition) is 1. The van der Waals surface area contributed by atoms with Crippen molar-refractivity contribution in [2.75, 3.05) is 6.54 Å². The van der Waals surface area contributed by atoms with E-state index in [4.69, 9.17) is 11.6 Å². The van der Waals surface area contributed by atoms with Gasteiger partial charge in [-0.15, -0.1) is 0 Å². The zero-order valence-corrected chi connectivity index (χ0v) is 14.4. The molecular weight excluding hydrogens is 353 g/mol. The molecule has 3 rings (SSSR count). The fourth-order valence-electron chi connectivity index (χ4n) is 2.32. The molecule has 0 spiro atoms. The number of sulfonamides is 1. The van der Waals surface area contributed by atoms with Gasteiger partial charge in [0.1, 0.15) is 11.5 Å². The largest absolute Gasteiger partial charge is 0.305 e. The monoisotopic (exact) mass is 367 g/mol. The molecule has 126 valence electrons. The van der Waals surface area contributed by atoms with Gasteiger partial charge < -0.3 is 4.40 Å². The van der Waals surface area contributed by atoms with E-state index in [2.05, 4.69) is 9.71 Å². The minimum Gasteiger partial charge on any atom is -0.305 e. The van der Waals surface area contributed by atoms with Crippen LogP contribution in [0.3, 0.4) is 0 Å². The van der Waals surface area contributed by atoms with E-state index in [1.807, 2.05) is 0 Å². The molecule has 0 bridgehead atoms. The van der Waals surface area contributed by atoms with Crippen LogP contribution in [0.15, 0.2) is 47.6 Å². The van der Waals surface area contributed by atoms with E-state index in [1.165, 1.54) is 19.1 Å². The molecule has 1 aromatic carbocycles. The number of aromatic nitrogens is 2. The predicted molar refractivity (Wildman–Crippen MR) is 90.2 cm³/mol. The standard InChI is InChI=1S/C16H15ClFN3O2S/c1-11-8-14(3-4-15(11)18)24(22,23)19-7-6-13-10-21-9-12(17)2-5-16(21)20-13/h2-5,8-10,19H,6-7H2,1H3. The number of pyridine rings is 1. The predicted octanol–water partition coefficient (Wildman–Crippen LogP) is 2.96. The number of nitrogens with one attached hydrogen (secondary N) is 1. The molecular formula is C16H15ClFN3O2S. The Hall–Kier alpha value is -1.96. The second-order valence-electron chi connectivity index (χ2n) is 5.40. The van der Waals surface area contributed by atoms with Gasteiger partial charge in [-0.3, -0.25) is 0 Å². The van der Waals surface area contributed by atoms with Gasteiger partial charge in [0.2, 0.25) is 10.0 Å². The Bertz CT molecular complexity index is 1000. The van der Waals surface area contributed by atoms with Gasteiger partial charge in [0.05, 0.1) is 15.6 Å². The molecule has 0 fully saturated rings. The van der Waals surface area contributed by atoms with Crippen molar-refractivity contribution in [3.8, 4) is 0 Å². The lowest BCUT2D eigenvalue weighted by Crippen LogP contribution is -2.26. The molecule has 0 unspecified atom stereocenters. The van der Waals surface area contributed by atoms with Crippen molar-refractivity contribution in [1.82, 2.24) is 14.1 Å². The first-order valence-corrected chi connectivity index (χ1v) is 9.10. The van der Waals surface area contributed by atoms with Crippen LogP contribution in [0.25, 0.3) is 5.65 Å². The fraction of sp³-hybridized carbons (Fsp3) is 0.188. The summed E-state index contributed by atoms with van der Waals surface area (Å²) in [6.07, 6.45) is 3.97. The van der Waals surface area contributed by atoms with E-state index in [1.54, 1.807) is 28.9 Å². The van der Waals surface area contributed by atoms with Gasteiger partial charge in [0.15, 0.2) is 0 Å². The minimum atomic E-state index is -3.68. The molecule has 2 aromatic heterocycles. The Balaban J connectivity index is 1.68. The number of nitrogens with zero attached hydrogens (tertiary/aromatic N) is 2. The average Bonchev–Trinajstić information content (AvgIpc) is 2.91. The first-order valence-electron chi connectivity index (χ1n) is 7.24. The highest BCUT2D eigenvalue weighted by Gasteiger charge is 2.15. The van der Waals surface area contributed by atoms with Crippen molar-refractivity contribution in [3.05, 3.63) is 64.8 Å². The zero-order valence-electron chi connectivity index (χ0n) is 12.8. The highest BCUT2D eigenvalue weighted by molar-refractivity contribution is 7.89.